The first-order valence-corrected chi connectivity index (χ1v) is 11.0. The third-order valence-corrected chi connectivity index (χ3v) is 7.25. The van der Waals surface area contributed by atoms with Gasteiger partial charge in [0.1, 0.15) is 4.90 Å². The van der Waals surface area contributed by atoms with Crippen molar-refractivity contribution in [3.63, 3.8) is 0 Å². The van der Waals surface area contributed by atoms with E-state index in [2.05, 4.69) is 9.71 Å². The lowest BCUT2D eigenvalue weighted by Gasteiger charge is -2.30. The fourth-order valence-corrected chi connectivity index (χ4v) is 5.93. The van der Waals surface area contributed by atoms with E-state index in [4.69, 9.17) is 28.9 Å². The Kier molecular flexibility index (Phi) is 5.44. The molecule has 2 aromatic rings. The zero-order chi connectivity index (χ0) is 18.9. The average Bonchev–Trinajstić information content (AvgIpc) is 2.54. The van der Waals surface area contributed by atoms with Crippen LogP contribution in [-0.4, -0.2) is 19.3 Å². The highest BCUT2D eigenvalue weighted by molar-refractivity contribution is 8.13. The summed E-state index contributed by atoms with van der Waals surface area (Å²) in [4.78, 5) is 4.40. The van der Waals surface area contributed by atoms with Gasteiger partial charge in [-0.05, 0) is 43.2 Å². The SMILES string of the molecule is CC1(c2cccc(NS(=O)(=O)c3c(Cl)cccc3Cl)c2)CCSC(N)=N1. The lowest BCUT2D eigenvalue weighted by Crippen LogP contribution is -2.28. The lowest BCUT2D eigenvalue weighted by atomic mass is 9.89. The van der Waals surface area contributed by atoms with E-state index >= 15 is 0 Å². The monoisotopic (exact) mass is 429 g/mol. The molecule has 0 fully saturated rings. The summed E-state index contributed by atoms with van der Waals surface area (Å²) < 4.78 is 28.0. The van der Waals surface area contributed by atoms with Gasteiger partial charge < -0.3 is 5.73 Å². The van der Waals surface area contributed by atoms with Crippen LogP contribution in [0.4, 0.5) is 5.69 Å². The van der Waals surface area contributed by atoms with Gasteiger partial charge in [-0.1, -0.05) is 53.2 Å². The molecule has 26 heavy (non-hydrogen) atoms. The summed E-state index contributed by atoms with van der Waals surface area (Å²) in [6.45, 7) is 1.98. The fourth-order valence-electron chi connectivity index (χ4n) is 2.76. The van der Waals surface area contributed by atoms with Crippen molar-refractivity contribution >= 4 is 55.8 Å². The first-order chi connectivity index (χ1) is 12.2. The van der Waals surface area contributed by atoms with Crippen LogP contribution in [0.5, 0.6) is 0 Å². The number of amidine groups is 1. The third kappa shape index (κ3) is 3.96. The van der Waals surface area contributed by atoms with Crippen molar-refractivity contribution in [3.8, 4) is 0 Å². The molecule has 0 aliphatic carbocycles. The van der Waals surface area contributed by atoms with Crippen LogP contribution in [0.15, 0.2) is 52.4 Å². The maximum absolute atomic E-state index is 12.7. The van der Waals surface area contributed by atoms with Gasteiger partial charge in [0.2, 0.25) is 0 Å². The van der Waals surface area contributed by atoms with Crippen LogP contribution in [0.1, 0.15) is 18.9 Å². The number of halogens is 2. The molecule has 5 nitrogen and oxygen atoms in total. The highest BCUT2D eigenvalue weighted by Gasteiger charge is 2.30. The van der Waals surface area contributed by atoms with Crippen molar-refractivity contribution in [1.29, 1.82) is 0 Å². The minimum atomic E-state index is -3.93. The summed E-state index contributed by atoms with van der Waals surface area (Å²) in [6.07, 6.45) is 0.810. The zero-order valence-corrected chi connectivity index (χ0v) is 17.0. The molecule has 0 saturated heterocycles. The molecule has 2 aromatic carbocycles. The number of hydrogen-bond acceptors (Lipinski definition) is 5. The van der Waals surface area contributed by atoms with E-state index in [1.54, 1.807) is 24.3 Å². The van der Waals surface area contributed by atoms with Crippen molar-refractivity contribution < 1.29 is 8.42 Å². The van der Waals surface area contributed by atoms with Crippen molar-refractivity contribution in [3.05, 3.63) is 58.1 Å². The first kappa shape index (κ1) is 19.4. The second-order valence-electron chi connectivity index (χ2n) is 6.06. The number of rotatable bonds is 4. The van der Waals surface area contributed by atoms with Crippen molar-refractivity contribution in [2.45, 2.75) is 23.8 Å². The molecule has 9 heteroatoms. The normalized spacial score (nSPS) is 20.5. The van der Waals surface area contributed by atoms with Crippen LogP contribution in [0.3, 0.4) is 0 Å². The molecule has 0 bridgehead atoms. The molecule has 1 aliphatic rings. The summed E-state index contributed by atoms with van der Waals surface area (Å²) in [5, 5.41) is 0.664. The number of sulfonamides is 1. The summed E-state index contributed by atoms with van der Waals surface area (Å²) in [5.41, 5.74) is 6.67. The molecule has 0 saturated carbocycles. The van der Waals surface area contributed by atoms with E-state index in [1.165, 1.54) is 23.9 Å². The van der Waals surface area contributed by atoms with E-state index in [0.29, 0.717) is 10.9 Å². The zero-order valence-electron chi connectivity index (χ0n) is 13.9. The minimum absolute atomic E-state index is 0.0646. The predicted molar refractivity (Wildman–Crippen MR) is 110 cm³/mol. The van der Waals surface area contributed by atoms with Crippen LogP contribution < -0.4 is 10.5 Å². The largest absolute Gasteiger partial charge is 0.379 e. The Bertz CT molecular complexity index is 959. The maximum atomic E-state index is 12.7. The minimum Gasteiger partial charge on any atom is -0.379 e. The molecule has 3 N–H and O–H groups in total. The van der Waals surface area contributed by atoms with E-state index < -0.39 is 15.6 Å². The molecule has 0 radical (unpaired) electrons. The second kappa shape index (κ2) is 7.31. The molecule has 1 unspecified atom stereocenters. The molecule has 1 heterocycles. The Hall–Kier alpha value is -1.41. The van der Waals surface area contributed by atoms with Gasteiger partial charge in [-0.25, -0.2) is 8.42 Å². The quantitative estimate of drug-likeness (QED) is 0.750. The Morgan fingerprint density at radius 3 is 2.50 bits per heavy atom. The summed E-state index contributed by atoms with van der Waals surface area (Å²) in [5.74, 6) is 0.858. The highest BCUT2D eigenvalue weighted by atomic mass is 35.5. The molecule has 0 spiro atoms. The van der Waals surface area contributed by atoms with Gasteiger partial charge in [0.25, 0.3) is 10.0 Å². The number of hydrogen-bond donors (Lipinski definition) is 2. The van der Waals surface area contributed by atoms with Gasteiger partial charge in [0, 0.05) is 11.4 Å². The molecule has 0 amide bonds. The fraction of sp³-hybridized carbons (Fsp3) is 0.235. The number of anilines is 1. The first-order valence-electron chi connectivity index (χ1n) is 7.77. The van der Waals surface area contributed by atoms with E-state index in [1.807, 2.05) is 13.0 Å². The Balaban J connectivity index is 1.96. The Morgan fingerprint density at radius 2 is 1.85 bits per heavy atom. The number of aliphatic imine (C=N–C) groups is 1. The van der Waals surface area contributed by atoms with Gasteiger partial charge in [-0.15, -0.1) is 0 Å². The van der Waals surface area contributed by atoms with Gasteiger partial charge >= 0.3 is 0 Å². The number of thioether (sulfide) groups is 1. The molecule has 3 rings (SSSR count). The van der Waals surface area contributed by atoms with E-state index in [9.17, 15) is 8.42 Å². The van der Waals surface area contributed by atoms with Crippen molar-refractivity contribution in [1.82, 2.24) is 0 Å². The molecular weight excluding hydrogens is 413 g/mol. The van der Waals surface area contributed by atoms with Crippen LogP contribution >= 0.6 is 35.0 Å². The summed E-state index contributed by atoms with van der Waals surface area (Å²) in [6, 6.07) is 11.7. The molecule has 1 atom stereocenters. The predicted octanol–water partition coefficient (Wildman–Crippen LogP) is 4.46. The van der Waals surface area contributed by atoms with Crippen molar-refractivity contribution in [2.24, 2.45) is 10.7 Å². The van der Waals surface area contributed by atoms with Crippen LogP contribution in [0.2, 0.25) is 10.0 Å². The molecular formula is C17H17Cl2N3O2S2. The number of nitrogens with one attached hydrogen (secondary N) is 1. The number of benzene rings is 2. The van der Waals surface area contributed by atoms with Gasteiger partial charge in [0.15, 0.2) is 5.17 Å². The topological polar surface area (TPSA) is 84.5 Å². The van der Waals surface area contributed by atoms with Crippen molar-refractivity contribution in [2.75, 3.05) is 10.5 Å². The Labute approximate surface area is 167 Å². The standard InChI is InChI=1S/C17H17Cl2N3O2S2/c1-17(8-9-25-16(20)21-17)11-4-2-5-12(10-11)22-26(23,24)15-13(18)6-3-7-14(15)19/h2-7,10,22H,8-9H2,1H3,(H2,20,21). The number of nitrogens with zero attached hydrogens (tertiary/aromatic N) is 1. The smallest absolute Gasteiger partial charge is 0.264 e. The van der Waals surface area contributed by atoms with E-state index in [0.717, 1.165) is 17.7 Å². The maximum Gasteiger partial charge on any atom is 0.264 e. The van der Waals surface area contributed by atoms with E-state index in [-0.39, 0.29) is 14.9 Å². The average molecular weight is 430 g/mol. The van der Waals surface area contributed by atoms with Gasteiger partial charge in [-0.2, -0.15) is 0 Å². The lowest BCUT2D eigenvalue weighted by molar-refractivity contribution is 0.482. The molecule has 138 valence electrons. The second-order valence-corrected chi connectivity index (χ2v) is 9.61. The van der Waals surface area contributed by atoms with Crippen LogP contribution in [0, 0.1) is 0 Å². The molecule has 0 aromatic heterocycles. The van der Waals surface area contributed by atoms with Gasteiger partial charge in [-0.3, -0.25) is 9.71 Å². The summed E-state index contributed by atoms with van der Waals surface area (Å²) >= 11 is 13.6. The summed E-state index contributed by atoms with van der Waals surface area (Å²) in [7, 11) is -3.93. The van der Waals surface area contributed by atoms with Crippen LogP contribution in [0.25, 0.3) is 0 Å². The molecule has 1 aliphatic heterocycles. The van der Waals surface area contributed by atoms with Crippen LogP contribution in [-0.2, 0) is 15.6 Å². The van der Waals surface area contributed by atoms with Gasteiger partial charge in [0.05, 0.1) is 15.6 Å². The number of nitrogens with two attached hydrogens (primary N) is 1. The third-order valence-electron chi connectivity index (χ3n) is 4.12. The highest BCUT2D eigenvalue weighted by Crippen LogP contribution is 2.36. The Morgan fingerprint density at radius 1 is 1.19 bits per heavy atom.